The Balaban J connectivity index is 1.35. The van der Waals surface area contributed by atoms with Gasteiger partial charge in [-0.3, -0.25) is 14.5 Å². The Bertz CT molecular complexity index is 1390. The van der Waals surface area contributed by atoms with Crippen molar-refractivity contribution in [2.75, 3.05) is 31.8 Å². The summed E-state index contributed by atoms with van der Waals surface area (Å²) in [6, 6.07) is 17.9. The molecule has 1 unspecified atom stereocenters. The van der Waals surface area contributed by atoms with Crippen molar-refractivity contribution in [1.29, 1.82) is 0 Å². The number of para-hydroxylation sites is 2. The van der Waals surface area contributed by atoms with Gasteiger partial charge >= 0.3 is 0 Å². The molecule has 0 radical (unpaired) electrons. The van der Waals surface area contributed by atoms with Crippen molar-refractivity contribution in [2.24, 2.45) is 0 Å². The van der Waals surface area contributed by atoms with E-state index in [2.05, 4.69) is 21.2 Å². The number of hydrogen-bond acceptors (Lipinski definition) is 6. The summed E-state index contributed by atoms with van der Waals surface area (Å²) in [5.74, 6) is 1.91. The molecule has 3 aromatic rings. The fraction of sp³-hybridized carbons (Fsp3) is 0.214. The first-order valence-electron chi connectivity index (χ1n) is 11.8. The molecular formula is C28H25BrN2O6. The van der Waals surface area contributed by atoms with E-state index in [0.29, 0.717) is 41.9 Å². The number of halogens is 1. The highest BCUT2D eigenvalue weighted by Crippen LogP contribution is 2.36. The number of benzene rings is 3. The summed E-state index contributed by atoms with van der Waals surface area (Å²) in [4.78, 5) is 27.9. The standard InChI is InChI=1S/C28H25BrN2O6/c1-17(19-8-10-24-25(15-19)36-12-11-35-24)30-27(32)16-31-21-5-3-4-6-23(21)37-26(28(31)33)14-18-7-9-22(34-2)20(29)13-18/h3-10,13-15,17H,11-12,16H2,1-2H3,(H,30,32)/b26-14-. The van der Waals surface area contributed by atoms with Crippen LogP contribution in [0, 0.1) is 0 Å². The van der Waals surface area contributed by atoms with Crippen molar-refractivity contribution in [1.82, 2.24) is 5.32 Å². The van der Waals surface area contributed by atoms with Crippen LogP contribution in [0.4, 0.5) is 5.69 Å². The molecule has 0 aromatic heterocycles. The highest BCUT2D eigenvalue weighted by molar-refractivity contribution is 9.10. The molecule has 2 aliphatic heterocycles. The monoisotopic (exact) mass is 564 g/mol. The summed E-state index contributed by atoms with van der Waals surface area (Å²) >= 11 is 3.46. The van der Waals surface area contributed by atoms with E-state index in [0.717, 1.165) is 15.6 Å². The van der Waals surface area contributed by atoms with Crippen LogP contribution in [0.1, 0.15) is 24.1 Å². The van der Waals surface area contributed by atoms with E-state index in [-0.39, 0.29) is 24.3 Å². The molecule has 0 bridgehead atoms. The lowest BCUT2D eigenvalue weighted by Crippen LogP contribution is -2.44. The first-order valence-corrected chi connectivity index (χ1v) is 12.5. The van der Waals surface area contributed by atoms with Gasteiger partial charge in [0.2, 0.25) is 5.91 Å². The van der Waals surface area contributed by atoms with Gasteiger partial charge in [0.15, 0.2) is 23.0 Å². The molecule has 1 N–H and O–H groups in total. The number of nitrogens with zero attached hydrogens (tertiary/aromatic N) is 1. The number of carbonyl (C=O) groups is 2. The molecule has 0 aliphatic carbocycles. The van der Waals surface area contributed by atoms with Crippen LogP contribution >= 0.6 is 15.9 Å². The molecule has 1 atom stereocenters. The third-order valence-electron chi connectivity index (χ3n) is 6.05. The predicted molar refractivity (Wildman–Crippen MR) is 142 cm³/mol. The van der Waals surface area contributed by atoms with Gasteiger partial charge in [0.05, 0.1) is 23.3 Å². The molecular weight excluding hydrogens is 540 g/mol. The molecule has 190 valence electrons. The summed E-state index contributed by atoms with van der Waals surface area (Å²) in [7, 11) is 1.58. The zero-order valence-electron chi connectivity index (χ0n) is 20.3. The maximum atomic E-state index is 13.4. The van der Waals surface area contributed by atoms with Crippen molar-refractivity contribution < 1.29 is 28.5 Å². The molecule has 3 aromatic carbocycles. The zero-order chi connectivity index (χ0) is 25.9. The van der Waals surface area contributed by atoms with E-state index in [9.17, 15) is 9.59 Å². The third-order valence-corrected chi connectivity index (χ3v) is 6.67. The van der Waals surface area contributed by atoms with Crippen LogP contribution in [-0.4, -0.2) is 38.7 Å². The van der Waals surface area contributed by atoms with Crippen LogP contribution in [0.5, 0.6) is 23.0 Å². The molecule has 2 aliphatic rings. The third kappa shape index (κ3) is 5.27. The Labute approximate surface area is 222 Å². The summed E-state index contributed by atoms with van der Waals surface area (Å²) in [5.41, 5.74) is 2.15. The van der Waals surface area contributed by atoms with Crippen molar-refractivity contribution in [3.8, 4) is 23.0 Å². The van der Waals surface area contributed by atoms with Crippen molar-refractivity contribution in [3.05, 3.63) is 82.0 Å². The highest BCUT2D eigenvalue weighted by atomic mass is 79.9. The minimum atomic E-state index is -0.409. The minimum absolute atomic E-state index is 0.114. The summed E-state index contributed by atoms with van der Waals surface area (Å²) < 4.78 is 23.2. The Morgan fingerprint density at radius 3 is 2.65 bits per heavy atom. The molecule has 0 fully saturated rings. The molecule has 2 amide bonds. The van der Waals surface area contributed by atoms with Crippen molar-refractivity contribution in [3.63, 3.8) is 0 Å². The van der Waals surface area contributed by atoms with E-state index in [4.69, 9.17) is 18.9 Å². The van der Waals surface area contributed by atoms with Crippen LogP contribution < -0.4 is 29.2 Å². The van der Waals surface area contributed by atoms with Gasteiger partial charge in [0.1, 0.15) is 25.5 Å². The van der Waals surface area contributed by atoms with Crippen LogP contribution in [0.25, 0.3) is 6.08 Å². The van der Waals surface area contributed by atoms with Crippen molar-refractivity contribution >= 4 is 39.5 Å². The number of nitrogens with one attached hydrogen (secondary N) is 1. The van der Waals surface area contributed by atoms with Crippen LogP contribution in [0.2, 0.25) is 0 Å². The molecule has 8 nitrogen and oxygen atoms in total. The summed E-state index contributed by atoms with van der Waals surface area (Å²) in [6.45, 7) is 2.71. The van der Waals surface area contributed by atoms with Gasteiger partial charge in [0, 0.05) is 0 Å². The van der Waals surface area contributed by atoms with Crippen molar-refractivity contribution in [2.45, 2.75) is 13.0 Å². The van der Waals surface area contributed by atoms with E-state index >= 15 is 0 Å². The van der Waals surface area contributed by atoms with Crippen LogP contribution in [-0.2, 0) is 9.59 Å². The number of ether oxygens (including phenoxy) is 4. The van der Waals surface area contributed by atoms with E-state index in [1.165, 1.54) is 4.90 Å². The lowest BCUT2D eigenvalue weighted by molar-refractivity contribution is -0.123. The van der Waals surface area contributed by atoms with Gasteiger partial charge in [0.25, 0.3) is 5.91 Å². The number of hydrogen-bond donors (Lipinski definition) is 1. The Morgan fingerprint density at radius 2 is 1.86 bits per heavy atom. The van der Waals surface area contributed by atoms with Gasteiger partial charge in [-0.2, -0.15) is 0 Å². The second-order valence-electron chi connectivity index (χ2n) is 8.56. The number of methoxy groups -OCH3 is 1. The average Bonchev–Trinajstić information content (AvgIpc) is 2.90. The molecule has 37 heavy (non-hydrogen) atoms. The normalized spacial score (nSPS) is 16.0. The zero-order valence-corrected chi connectivity index (χ0v) is 21.9. The first-order chi connectivity index (χ1) is 17.9. The second kappa shape index (κ2) is 10.6. The van der Waals surface area contributed by atoms with Gasteiger partial charge in [-0.25, -0.2) is 0 Å². The number of rotatable bonds is 6. The topological polar surface area (TPSA) is 86.3 Å². The summed E-state index contributed by atoms with van der Waals surface area (Å²) in [6.07, 6.45) is 1.64. The molecule has 5 rings (SSSR count). The van der Waals surface area contributed by atoms with Gasteiger partial charge in [-0.05, 0) is 76.5 Å². The van der Waals surface area contributed by atoms with Gasteiger partial charge in [-0.15, -0.1) is 0 Å². The number of fused-ring (bicyclic) bond motifs is 2. The Hall–Kier alpha value is -3.98. The smallest absolute Gasteiger partial charge is 0.294 e. The Morgan fingerprint density at radius 1 is 1.08 bits per heavy atom. The predicted octanol–water partition coefficient (Wildman–Crippen LogP) is 4.87. The van der Waals surface area contributed by atoms with Gasteiger partial charge < -0.3 is 24.3 Å². The fourth-order valence-corrected chi connectivity index (χ4v) is 4.74. The highest BCUT2D eigenvalue weighted by Gasteiger charge is 2.32. The van der Waals surface area contributed by atoms with Crippen LogP contribution in [0.3, 0.4) is 0 Å². The quantitative estimate of drug-likeness (QED) is 0.430. The maximum Gasteiger partial charge on any atom is 0.294 e. The van der Waals surface area contributed by atoms with E-state index in [1.807, 2.05) is 43.3 Å². The maximum absolute atomic E-state index is 13.4. The lowest BCUT2D eigenvalue weighted by atomic mass is 10.1. The lowest BCUT2D eigenvalue weighted by Gasteiger charge is -2.30. The van der Waals surface area contributed by atoms with Crippen LogP contribution in [0.15, 0.2) is 70.9 Å². The SMILES string of the molecule is COc1ccc(/C=C2\Oc3ccccc3N(CC(=O)NC(C)c3ccc4c(c3)OCCO4)C2=O)cc1Br. The largest absolute Gasteiger partial charge is 0.496 e. The summed E-state index contributed by atoms with van der Waals surface area (Å²) in [5, 5.41) is 2.98. The average molecular weight is 565 g/mol. The van der Waals surface area contributed by atoms with E-state index in [1.54, 1.807) is 37.5 Å². The molecule has 2 heterocycles. The fourth-order valence-electron chi connectivity index (χ4n) is 4.19. The molecule has 9 heteroatoms. The number of anilines is 1. The van der Waals surface area contributed by atoms with E-state index < -0.39 is 5.91 Å². The second-order valence-corrected chi connectivity index (χ2v) is 9.41. The molecule has 0 saturated carbocycles. The van der Waals surface area contributed by atoms with Gasteiger partial charge in [-0.1, -0.05) is 24.3 Å². The molecule has 0 saturated heterocycles. The number of carbonyl (C=O) groups excluding carboxylic acids is 2. The number of amides is 2. The first kappa shape index (κ1) is 24.7. The minimum Gasteiger partial charge on any atom is -0.496 e. The Kier molecular flexibility index (Phi) is 7.05. The molecule has 0 spiro atoms.